The lowest BCUT2D eigenvalue weighted by molar-refractivity contribution is 0.558. The number of benzene rings is 1. The van der Waals surface area contributed by atoms with E-state index in [1.807, 2.05) is 6.92 Å². The first-order valence-electron chi connectivity index (χ1n) is 8.40. The molecule has 1 saturated carbocycles. The second kappa shape index (κ2) is 6.15. The zero-order valence-corrected chi connectivity index (χ0v) is 16.4. The van der Waals surface area contributed by atoms with E-state index in [-0.39, 0.29) is 22.1 Å². The number of hydrogen-bond acceptors (Lipinski definition) is 5. The smallest absolute Gasteiger partial charge is 0.262 e. The molecule has 8 nitrogen and oxygen atoms in total. The summed E-state index contributed by atoms with van der Waals surface area (Å²) in [7, 11) is -1.94. The van der Waals surface area contributed by atoms with E-state index in [2.05, 4.69) is 14.8 Å². The highest BCUT2D eigenvalue weighted by Gasteiger charge is 2.41. The molecule has 0 amide bonds. The summed E-state index contributed by atoms with van der Waals surface area (Å²) < 4.78 is 30.8. The SMILES string of the molecule is Cn1ccc(Cn2c(Cl)nc3ccc(S(=O)(=O)NC4(C)CC4)cc3c2=O)n1. The van der Waals surface area contributed by atoms with Gasteiger partial charge in [0.15, 0.2) is 0 Å². The first kappa shape index (κ1) is 18.1. The van der Waals surface area contributed by atoms with Crippen molar-refractivity contribution < 1.29 is 8.42 Å². The van der Waals surface area contributed by atoms with Gasteiger partial charge in [-0.15, -0.1) is 0 Å². The van der Waals surface area contributed by atoms with Gasteiger partial charge in [-0.25, -0.2) is 18.1 Å². The molecule has 2 heterocycles. The molecule has 1 fully saturated rings. The first-order chi connectivity index (χ1) is 12.7. The van der Waals surface area contributed by atoms with Crippen molar-refractivity contribution in [2.45, 2.75) is 36.7 Å². The van der Waals surface area contributed by atoms with Crippen molar-refractivity contribution in [1.29, 1.82) is 0 Å². The lowest BCUT2D eigenvalue weighted by atomic mass is 10.2. The molecule has 0 bridgehead atoms. The second-order valence-electron chi connectivity index (χ2n) is 7.10. The van der Waals surface area contributed by atoms with Gasteiger partial charge in [-0.2, -0.15) is 5.10 Å². The molecule has 0 atom stereocenters. The fraction of sp³-hybridized carbons (Fsp3) is 0.353. The fourth-order valence-corrected chi connectivity index (χ4v) is 4.58. The number of nitrogens with zero attached hydrogens (tertiary/aromatic N) is 4. The molecule has 1 N–H and O–H groups in total. The van der Waals surface area contributed by atoms with E-state index in [1.54, 1.807) is 24.0 Å². The van der Waals surface area contributed by atoms with E-state index in [0.29, 0.717) is 11.2 Å². The van der Waals surface area contributed by atoms with Crippen molar-refractivity contribution in [3.05, 3.63) is 51.8 Å². The highest BCUT2D eigenvalue weighted by Crippen LogP contribution is 2.36. The predicted octanol–water partition coefficient (Wildman–Crippen LogP) is 1.66. The maximum atomic E-state index is 12.9. The largest absolute Gasteiger partial charge is 0.277 e. The van der Waals surface area contributed by atoms with Gasteiger partial charge in [0.05, 0.1) is 28.0 Å². The van der Waals surface area contributed by atoms with Crippen molar-refractivity contribution in [1.82, 2.24) is 24.1 Å². The quantitative estimate of drug-likeness (QED) is 0.648. The third-order valence-electron chi connectivity index (χ3n) is 4.66. The molecule has 0 saturated heterocycles. The van der Waals surface area contributed by atoms with Crippen LogP contribution in [0.4, 0.5) is 0 Å². The van der Waals surface area contributed by atoms with Gasteiger partial charge in [0.1, 0.15) is 0 Å². The summed E-state index contributed by atoms with van der Waals surface area (Å²) in [5.41, 5.74) is 0.185. The van der Waals surface area contributed by atoms with Gasteiger partial charge < -0.3 is 0 Å². The molecule has 4 rings (SSSR count). The monoisotopic (exact) mass is 407 g/mol. The van der Waals surface area contributed by atoms with Crippen molar-refractivity contribution in [2.24, 2.45) is 7.05 Å². The average Bonchev–Trinajstić information content (AvgIpc) is 3.16. The van der Waals surface area contributed by atoms with Crippen LogP contribution >= 0.6 is 11.6 Å². The van der Waals surface area contributed by atoms with E-state index in [0.717, 1.165) is 12.8 Å². The minimum absolute atomic E-state index is 0.0253. The summed E-state index contributed by atoms with van der Waals surface area (Å²) in [4.78, 5) is 17.2. The molecular weight excluding hydrogens is 390 g/mol. The Morgan fingerprint density at radius 2 is 2.04 bits per heavy atom. The summed E-state index contributed by atoms with van der Waals surface area (Å²) in [5.74, 6) is 0. The van der Waals surface area contributed by atoms with Crippen LogP contribution in [0.3, 0.4) is 0 Å². The van der Waals surface area contributed by atoms with Gasteiger partial charge in [-0.3, -0.25) is 14.0 Å². The van der Waals surface area contributed by atoms with Crippen LogP contribution in [0.5, 0.6) is 0 Å². The Hall–Kier alpha value is -2.23. The highest BCUT2D eigenvalue weighted by molar-refractivity contribution is 7.89. The minimum Gasteiger partial charge on any atom is -0.277 e. The molecule has 0 aliphatic heterocycles. The van der Waals surface area contributed by atoms with E-state index in [1.165, 1.54) is 22.8 Å². The van der Waals surface area contributed by atoms with Crippen LogP contribution in [0.2, 0.25) is 5.28 Å². The third-order valence-corrected chi connectivity index (χ3v) is 6.58. The molecule has 27 heavy (non-hydrogen) atoms. The summed E-state index contributed by atoms with van der Waals surface area (Å²) in [6.45, 7) is 2.00. The number of rotatable bonds is 5. The average molecular weight is 408 g/mol. The van der Waals surface area contributed by atoms with Crippen LogP contribution in [-0.2, 0) is 23.6 Å². The molecule has 142 valence electrons. The van der Waals surface area contributed by atoms with Crippen molar-refractivity contribution >= 4 is 32.5 Å². The number of fused-ring (bicyclic) bond motifs is 1. The van der Waals surface area contributed by atoms with Crippen molar-refractivity contribution in [3.8, 4) is 0 Å². The predicted molar refractivity (Wildman–Crippen MR) is 101 cm³/mol. The molecule has 1 aromatic carbocycles. The summed E-state index contributed by atoms with van der Waals surface area (Å²) in [6.07, 6.45) is 3.36. The first-order valence-corrected chi connectivity index (χ1v) is 10.3. The van der Waals surface area contributed by atoms with Gasteiger partial charge in [-0.05, 0) is 55.6 Å². The Kier molecular flexibility index (Phi) is 4.13. The lowest BCUT2D eigenvalue weighted by Gasteiger charge is -2.13. The number of hydrogen-bond donors (Lipinski definition) is 1. The molecule has 0 spiro atoms. The third kappa shape index (κ3) is 3.50. The fourth-order valence-electron chi connectivity index (χ4n) is 2.86. The lowest BCUT2D eigenvalue weighted by Crippen LogP contribution is -2.34. The van der Waals surface area contributed by atoms with Crippen LogP contribution in [0.15, 0.2) is 40.2 Å². The van der Waals surface area contributed by atoms with E-state index in [4.69, 9.17) is 11.6 Å². The van der Waals surface area contributed by atoms with Gasteiger partial charge in [0, 0.05) is 18.8 Å². The molecule has 10 heteroatoms. The summed E-state index contributed by atoms with van der Waals surface area (Å²) in [6, 6.07) is 6.05. The number of halogens is 1. The molecule has 3 aromatic rings. The molecular formula is C17H18ClN5O3S. The zero-order chi connectivity index (χ0) is 19.4. The maximum Gasteiger partial charge on any atom is 0.262 e. The van der Waals surface area contributed by atoms with Crippen LogP contribution in [0.25, 0.3) is 10.9 Å². The zero-order valence-electron chi connectivity index (χ0n) is 14.8. The minimum atomic E-state index is -3.72. The van der Waals surface area contributed by atoms with E-state index in [9.17, 15) is 13.2 Å². The van der Waals surface area contributed by atoms with Crippen LogP contribution in [-0.4, -0.2) is 33.3 Å². The molecule has 0 unspecified atom stereocenters. The van der Waals surface area contributed by atoms with Gasteiger partial charge in [-0.1, -0.05) is 0 Å². The Bertz CT molecular complexity index is 1210. The van der Waals surface area contributed by atoms with Gasteiger partial charge in [0.2, 0.25) is 15.3 Å². The molecule has 1 aliphatic carbocycles. The summed E-state index contributed by atoms with van der Waals surface area (Å²) in [5, 5.41) is 4.46. The van der Waals surface area contributed by atoms with Crippen LogP contribution in [0.1, 0.15) is 25.5 Å². The number of sulfonamides is 1. The molecule has 2 aromatic heterocycles. The van der Waals surface area contributed by atoms with Crippen molar-refractivity contribution in [3.63, 3.8) is 0 Å². The van der Waals surface area contributed by atoms with E-state index >= 15 is 0 Å². The number of aromatic nitrogens is 4. The van der Waals surface area contributed by atoms with Crippen LogP contribution < -0.4 is 10.3 Å². The van der Waals surface area contributed by atoms with Gasteiger partial charge in [0.25, 0.3) is 5.56 Å². The number of aryl methyl sites for hydroxylation is 1. The van der Waals surface area contributed by atoms with Crippen LogP contribution in [0, 0.1) is 0 Å². The molecule has 0 radical (unpaired) electrons. The standard InChI is InChI=1S/C17H18ClN5O3S/c1-17(6-7-17)21-27(25,26)12-3-4-14-13(9-12)15(24)23(16(18)19-14)10-11-5-8-22(2)20-11/h3-5,8-9,21H,6-7,10H2,1-2H3. The highest BCUT2D eigenvalue weighted by atomic mass is 35.5. The van der Waals surface area contributed by atoms with Crippen molar-refractivity contribution in [2.75, 3.05) is 0 Å². The Labute approximate surface area is 160 Å². The Morgan fingerprint density at radius 3 is 2.67 bits per heavy atom. The Morgan fingerprint density at radius 1 is 1.30 bits per heavy atom. The van der Waals surface area contributed by atoms with E-state index < -0.39 is 21.1 Å². The van der Waals surface area contributed by atoms with Gasteiger partial charge >= 0.3 is 0 Å². The second-order valence-corrected chi connectivity index (χ2v) is 9.12. The topological polar surface area (TPSA) is 98.9 Å². The summed E-state index contributed by atoms with van der Waals surface area (Å²) >= 11 is 6.18. The Balaban J connectivity index is 1.79. The maximum absolute atomic E-state index is 12.9. The molecule has 1 aliphatic rings. The normalized spacial score (nSPS) is 16.0. The number of nitrogens with one attached hydrogen (secondary N) is 1.